The quantitative estimate of drug-likeness (QED) is 0.139. The molecule has 0 unspecified atom stereocenters. The van der Waals surface area contributed by atoms with Gasteiger partial charge in [-0.15, -0.1) is 0 Å². The molecule has 11 nitrogen and oxygen atoms in total. The zero-order valence-electron chi connectivity index (χ0n) is 18.7. The minimum absolute atomic E-state index is 0.0229. The van der Waals surface area contributed by atoms with E-state index in [1.807, 2.05) is 0 Å². The molecule has 1 heterocycles. The van der Waals surface area contributed by atoms with Crippen molar-refractivity contribution in [2.75, 3.05) is 12.0 Å². The highest BCUT2D eigenvalue weighted by molar-refractivity contribution is 6.39. The number of nitrogens with one attached hydrogen (secondary N) is 1. The fourth-order valence-electron chi connectivity index (χ4n) is 3.42. The summed E-state index contributed by atoms with van der Waals surface area (Å²) in [7, 11) is 1.38. The molecule has 1 fully saturated rings. The number of hydrogen-bond donors (Lipinski definition) is 1. The summed E-state index contributed by atoms with van der Waals surface area (Å²) >= 11 is 0. The second-order valence-corrected chi connectivity index (χ2v) is 7.36. The lowest BCUT2D eigenvalue weighted by atomic mass is 10.1. The Bertz CT molecular complexity index is 1430. The van der Waals surface area contributed by atoms with Crippen LogP contribution in [0.5, 0.6) is 11.5 Å². The minimum atomic E-state index is -0.940. The maximum atomic E-state index is 13.2. The molecule has 0 atom stereocenters. The summed E-state index contributed by atoms with van der Waals surface area (Å²) in [6.45, 7) is 0. The molecule has 0 bridgehead atoms. The lowest BCUT2D eigenvalue weighted by Crippen LogP contribution is -2.54. The zero-order chi connectivity index (χ0) is 25.8. The van der Waals surface area contributed by atoms with Gasteiger partial charge in [0.05, 0.1) is 23.3 Å². The minimum Gasteiger partial charge on any atom is -0.495 e. The molecule has 4 amide bonds. The number of nitrogens with zero attached hydrogens (tertiary/aromatic N) is 2. The summed E-state index contributed by atoms with van der Waals surface area (Å²) in [6, 6.07) is 16.3. The molecule has 36 heavy (non-hydrogen) atoms. The number of anilines is 1. The number of methoxy groups -OCH3 is 1. The molecular formula is C25H17N3O8. The lowest BCUT2D eigenvalue weighted by molar-refractivity contribution is -0.384. The molecular weight excluding hydrogens is 470 g/mol. The molecule has 1 aliphatic rings. The van der Waals surface area contributed by atoms with Gasteiger partial charge in [0.2, 0.25) is 0 Å². The first-order valence-corrected chi connectivity index (χ1v) is 10.4. The molecule has 4 rings (SSSR count). The van der Waals surface area contributed by atoms with Crippen LogP contribution < -0.4 is 19.7 Å². The van der Waals surface area contributed by atoms with Gasteiger partial charge in [0.15, 0.2) is 0 Å². The van der Waals surface area contributed by atoms with Crippen molar-refractivity contribution in [1.29, 1.82) is 0 Å². The summed E-state index contributed by atoms with van der Waals surface area (Å²) < 4.78 is 10.6. The van der Waals surface area contributed by atoms with Crippen LogP contribution >= 0.6 is 0 Å². The number of amides is 4. The van der Waals surface area contributed by atoms with Crippen LogP contribution in [0.15, 0.2) is 78.4 Å². The van der Waals surface area contributed by atoms with Crippen LogP contribution in [0.4, 0.5) is 16.2 Å². The largest absolute Gasteiger partial charge is 0.495 e. The number of rotatable bonds is 6. The monoisotopic (exact) mass is 487 g/mol. The third kappa shape index (κ3) is 4.66. The standard InChI is InChI=1S/C25H17N3O8/c1-35-21-9-5-3-7-19(21)27-23(30)18(22(29)26-25(27)32)14-16-6-2-4-8-20(16)36-24(31)15-10-12-17(13-11-15)28(33)34/h2-14H,1H3,(H,26,29,32)/b18-14-. The molecule has 1 N–H and O–H groups in total. The molecule has 0 radical (unpaired) electrons. The number of non-ortho nitro benzene ring substituents is 1. The van der Waals surface area contributed by atoms with Crippen LogP contribution in [-0.2, 0) is 9.59 Å². The second kappa shape index (κ2) is 9.89. The molecule has 3 aromatic rings. The first-order valence-electron chi connectivity index (χ1n) is 10.4. The average molecular weight is 487 g/mol. The highest BCUT2D eigenvalue weighted by Crippen LogP contribution is 2.31. The highest BCUT2D eigenvalue weighted by Gasteiger charge is 2.38. The third-order valence-corrected chi connectivity index (χ3v) is 5.16. The topological polar surface area (TPSA) is 145 Å². The molecule has 0 aromatic heterocycles. The fraction of sp³-hybridized carbons (Fsp3) is 0.0400. The van der Waals surface area contributed by atoms with Gasteiger partial charge in [-0.3, -0.25) is 25.0 Å². The molecule has 180 valence electrons. The van der Waals surface area contributed by atoms with E-state index in [9.17, 15) is 29.3 Å². The van der Waals surface area contributed by atoms with Crippen molar-refractivity contribution in [3.63, 3.8) is 0 Å². The number of imide groups is 2. The predicted octanol–water partition coefficient (Wildman–Crippen LogP) is 3.49. The number of para-hydroxylation sites is 3. The Morgan fingerprint density at radius 3 is 2.25 bits per heavy atom. The van der Waals surface area contributed by atoms with E-state index in [0.29, 0.717) is 0 Å². The first-order chi connectivity index (χ1) is 17.3. The van der Waals surface area contributed by atoms with Crippen LogP contribution in [0, 0.1) is 10.1 Å². The van der Waals surface area contributed by atoms with E-state index in [0.717, 1.165) is 4.90 Å². The molecule has 0 spiro atoms. The van der Waals surface area contributed by atoms with Gasteiger partial charge in [0.25, 0.3) is 17.5 Å². The zero-order valence-corrected chi connectivity index (χ0v) is 18.7. The van der Waals surface area contributed by atoms with Gasteiger partial charge in [0, 0.05) is 17.7 Å². The number of nitro groups is 1. The first kappa shape index (κ1) is 23.8. The summed E-state index contributed by atoms with van der Waals surface area (Å²) in [4.78, 5) is 61.9. The van der Waals surface area contributed by atoms with E-state index < -0.39 is 28.7 Å². The Morgan fingerprint density at radius 2 is 1.58 bits per heavy atom. The Kier molecular flexibility index (Phi) is 6.55. The van der Waals surface area contributed by atoms with Gasteiger partial charge in [-0.2, -0.15) is 0 Å². The Hall–Kier alpha value is -5.32. The number of barbiturate groups is 1. The molecule has 3 aromatic carbocycles. The predicted molar refractivity (Wildman–Crippen MR) is 126 cm³/mol. The van der Waals surface area contributed by atoms with Crippen molar-refractivity contribution < 1.29 is 33.6 Å². The lowest BCUT2D eigenvalue weighted by Gasteiger charge is -2.27. The van der Waals surface area contributed by atoms with Crippen LogP contribution in [0.2, 0.25) is 0 Å². The molecule has 11 heteroatoms. The van der Waals surface area contributed by atoms with Gasteiger partial charge >= 0.3 is 12.0 Å². The maximum Gasteiger partial charge on any atom is 0.343 e. The number of hydrogen-bond acceptors (Lipinski definition) is 8. The Labute approximate surface area is 203 Å². The summed E-state index contributed by atoms with van der Waals surface area (Å²) in [5.74, 6) is -2.36. The van der Waals surface area contributed by atoms with Crippen molar-refractivity contribution >= 4 is 41.3 Å². The summed E-state index contributed by atoms with van der Waals surface area (Å²) in [6.07, 6.45) is 1.20. The van der Waals surface area contributed by atoms with Crippen LogP contribution in [0.25, 0.3) is 6.08 Å². The smallest absolute Gasteiger partial charge is 0.343 e. The number of carbonyl (C=O) groups excluding carboxylic acids is 4. The fourth-order valence-corrected chi connectivity index (χ4v) is 3.42. The van der Waals surface area contributed by atoms with Crippen LogP contribution in [0.3, 0.4) is 0 Å². The molecule has 1 aliphatic heterocycles. The van der Waals surface area contributed by atoms with Crippen molar-refractivity contribution in [2.24, 2.45) is 0 Å². The number of carbonyl (C=O) groups is 4. The van der Waals surface area contributed by atoms with E-state index >= 15 is 0 Å². The maximum absolute atomic E-state index is 13.2. The van der Waals surface area contributed by atoms with Gasteiger partial charge in [0.1, 0.15) is 17.1 Å². The van der Waals surface area contributed by atoms with Crippen molar-refractivity contribution in [3.05, 3.63) is 99.6 Å². The van der Waals surface area contributed by atoms with Gasteiger partial charge in [-0.25, -0.2) is 14.5 Å². The van der Waals surface area contributed by atoms with Gasteiger partial charge < -0.3 is 9.47 Å². The summed E-state index contributed by atoms with van der Waals surface area (Å²) in [5.41, 5.74) is -0.158. The average Bonchev–Trinajstić information content (AvgIpc) is 2.87. The van der Waals surface area contributed by atoms with Gasteiger partial charge in [-0.1, -0.05) is 30.3 Å². The number of benzene rings is 3. The number of urea groups is 1. The van der Waals surface area contributed by atoms with Crippen molar-refractivity contribution in [1.82, 2.24) is 5.32 Å². The van der Waals surface area contributed by atoms with Crippen LogP contribution in [0.1, 0.15) is 15.9 Å². The number of nitro benzene ring substituents is 1. The van der Waals surface area contributed by atoms with Crippen molar-refractivity contribution in [3.8, 4) is 11.5 Å². The van der Waals surface area contributed by atoms with E-state index in [2.05, 4.69) is 5.32 Å². The Morgan fingerprint density at radius 1 is 0.944 bits per heavy atom. The van der Waals surface area contributed by atoms with E-state index in [1.165, 1.54) is 55.7 Å². The molecule has 1 saturated heterocycles. The van der Waals surface area contributed by atoms with Crippen LogP contribution in [-0.4, -0.2) is 35.8 Å². The molecule has 0 aliphatic carbocycles. The van der Waals surface area contributed by atoms with E-state index in [4.69, 9.17) is 9.47 Å². The normalized spacial score (nSPS) is 14.4. The van der Waals surface area contributed by atoms with Crippen molar-refractivity contribution in [2.45, 2.75) is 0 Å². The Balaban J connectivity index is 1.66. The number of ether oxygens (including phenoxy) is 2. The highest BCUT2D eigenvalue weighted by atomic mass is 16.6. The van der Waals surface area contributed by atoms with E-state index in [1.54, 1.807) is 30.3 Å². The molecule has 0 saturated carbocycles. The SMILES string of the molecule is COc1ccccc1N1C(=O)NC(=O)/C(=C/c2ccccc2OC(=O)c2ccc([N+](=O)[O-])cc2)C1=O. The van der Waals surface area contributed by atoms with Gasteiger partial charge in [-0.05, 0) is 36.4 Å². The van der Waals surface area contributed by atoms with E-state index in [-0.39, 0.29) is 39.6 Å². The second-order valence-electron chi connectivity index (χ2n) is 7.36. The summed E-state index contributed by atoms with van der Waals surface area (Å²) in [5, 5.41) is 12.9. The third-order valence-electron chi connectivity index (χ3n) is 5.16. The number of esters is 1.